The van der Waals surface area contributed by atoms with E-state index in [4.69, 9.17) is 15.2 Å². The van der Waals surface area contributed by atoms with E-state index in [2.05, 4.69) is 22.2 Å². The Labute approximate surface area is 212 Å². The molecule has 2 aromatic carbocycles. The molecule has 2 fully saturated rings. The Morgan fingerprint density at radius 1 is 1.08 bits per heavy atom. The second kappa shape index (κ2) is 8.15. The first kappa shape index (κ1) is 22.0. The average molecular weight is 493 g/mol. The van der Waals surface area contributed by atoms with Crippen LogP contribution in [0.1, 0.15) is 36.9 Å². The third-order valence-corrected chi connectivity index (χ3v) is 8.01. The van der Waals surface area contributed by atoms with Crippen LogP contribution in [-0.4, -0.2) is 32.7 Å². The van der Waals surface area contributed by atoms with Gasteiger partial charge in [-0.25, -0.2) is 9.37 Å². The topological polar surface area (TPSA) is 96.4 Å². The molecule has 2 aliphatic rings. The maximum absolute atomic E-state index is 15.7. The van der Waals surface area contributed by atoms with Crippen molar-refractivity contribution in [2.45, 2.75) is 50.7 Å². The minimum absolute atomic E-state index is 0.219. The number of aryl methyl sites for hydroxylation is 1. The van der Waals surface area contributed by atoms with E-state index in [1.165, 1.54) is 6.07 Å². The zero-order chi connectivity index (χ0) is 25.3. The molecule has 0 aliphatic carbocycles. The maximum Gasteiger partial charge on any atom is 0.168 e. The lowest BCUT2D eigenvalue weighted by molar-refractivity contribution is 0.412. The summed E-state index contributed by atoms with van der Waals surface area (Å²) in [7, 11) is 0. The van der Waals surface area contributed by atoms with Crippen molar-refractivity contribution in [3.05, 3.63) is 71.9 Å². The summed E-state index contributed by atoms with van der Waals surface area (Å²) in [5.74, 6) is 0.552. The van der Waals surface area contributed by atoms with E-state index in [-0.39, 0.29) is 11.9 Å². The van der Waals surface area contributed by atoms with Crippen molar-refractivity contribution >= 4 is 22.3 Å². The second-order valence-corrected chi connectivity index (χ2v) is 10.2. The largest absolute Gasteiger partial charge is 0.356 e. The Kier molecular flexibility index (Phi) is 4.85. The highest BCUT2D eigenvalue weighted by atomic mass is 19.1. The summed E-state index contributed by atoms with van der Waals surface area (Å²) < 4.78 is 23.3. The van der Waals surface area contributed by atoms with Crippen LogP contribution >= 0.6 is 0 Å². The first-order valence-corrected chi connectivity index (χ1v) is 12.6. The maximum atomic E-state index is 15.7. The van der Waals surface area contributed by atoms with Gasteiger partial charge in [0.15, 0.2) is 11.4 Å². The molecule has 5 aromatic rings. The van der Waals surface area contributed by atoms with E-state index < -0.39 is 0 Å². The Morgan fingerprint density at radius 2 is 1.84 bits per heavy atom. The van der Waals surface area contributed by atoms with Gasteiger partial charge in [0.2, 0.25) is 0 Å². The number of benzene rings is 2. The van der Waals surface area contributed by atoms with Crippen molar-refractivity contribution in [3.8, 4) is 28.5 Å². The molecule has 7 nitrogen and oxygen atoms in total. The Morgan fingerprint density at radius 3 is 2.57 bits per heavy atom. The van der Waals surface area contributed by atoms with Crippen LogP contribution < -0.4 is 10.6 Å². The molecule has 7 rings (SSSR count). The lowest BCUT2D eigenvalue weighted by atomic mass is 9.98. The monoisotopic (exact) mass is 492 g/mol. The Hall–Kier alpha value is -4.22. The van der Waals surface area contributed by atoms with Gasteiger partial charge in [-0.3, -0.25) is 0 Å². The molecule has 0 saturated carbocycles. The fourth-order valence-electron chi connectivity index (χ4n) is 6.33. The summed E-state index contributed by atoms with van der Waals surface area (Å²) >= 11 is 0. The molecular weight excluding hydrogens is 467 g/mol. The number of nitrogens with two attached hydrogens (primary N) is 1. The minimum atomic E-state index is -0.351. The number of rotatable bonds is 3. The highest BCUT2D eigenvalue weighted by molar-refractivity contribution is 5.93. The van der Waals surface area contributed by atoms with Gasteiger partial charge in [0.05, 0.1) is 28.5 Å². The zero-order valence-electron chi connectivity index (χ0n) is 20.4. The van der Waals surface area contributed by atoms with E-state index >= 15 is 4.39 Å². The number of hydrogen-bond acceptors (Lipinski definition) is 6. The number of nitriles is 1. The molecule has 5 heterocycles. The molecule has 37 heavy (non-hydrogen) atoms. The van der Waals surface area contributed by atoms with Crippen LogP contribution in [0, 0.1) is 24.1 Å². The lowest BCUT2D eigenvalue weighted by Crippen LogP contribution is -2.48. The van der Waals surface area contributed by atoms with Crippen molar-refractivity contribution in [3.63, 3.8) is 0 Å². The van der Waals surface area contributed by atoms with Crippen molar-refractivity contribution in [2.24, 2.45) is 5.73 Å². The Balaban J connectivity index is 1.49. The second-order valence-electron chi connectivity index (χ2n) is 10.2. The summed E-state index contributed by atoms with van der Waals surface area (Å²) in [6.07, 6.45) is 7.78. The zero-order valence-corrected chi connectivity index (χ0v) is 20.4. The van der Waals surface area contributed by atoms with Gasteiger partial charge >= 0.3 is 0 Å². The van der Waals surface area contributed by atoms with Crippen molar-refractivity contribution in [2.75, 3.05) is 4.90 Å². The van der Waals surface area contributed by atoms with E-state index in [0.717, 1.165) is 48.1 Å². The van der Waals surface area contributed by atoms with Gasteiger partial charge in [-0.15, -0.1) is 0 Å². The molecule has 0 radical (unpaired) electrons. The molecule has 0 amide bonds. The van der Waals surface area contributed by atoms with Gasteiger partial charge in [-0.2, -0.15) is 5.26 Å². The normalized spacial score (nSPS) is 21.1. The quantitative estimate of drug-likeness (QED) is 0.353. The number of hydrogen-bond donors (Lipinski definition) is 1. The SMILES string of the molecule is Cc1noc2cc(-c3c(-c4ccc(C#N)cc4)cc4c(N5C6CCC5CC(N)C6)nccn34)c(F)cc12. The summed E-state index contributed by atoms with van der Waals surface area (Å²) in [5.41, 5.74) is 11.9. The highest BCUT2D eigenvalue weighted by Crippen LogP contribution is 2.44. The van der Waals surface area contributed by atoms with Crippen LogP contribution in [0.2, 0.25) is 0 Å². The van der Waals surface area contributed by atoms with E-state index in [0.29, 0.717) is 45.6 Å². The molecule has 2 saturated heterocycles. The van der Waals surface area contributed by atoms with Gasteiger partial charge < -0.3 is 19.6 Å². The molecule has 2 N–H and O–H groups in total. The van der Waals surface area contributed by atoms with Crippen molar-refractivity contribution in [1.29, 1.82) is 5.26 Å². The summed E-state index contributed by atoms with van der Waals surface area (Å²) in [6, 6.07) is 15.8. The third kappa shape index (κ3) is 3.35. The fraction of sp³-hybridized carbons (Fsp3) is 0.276. The van der Waals surface area contributed by atoms with Gasteiger partial charge in [-0.1, -0.05) is 17.3 Å². The van der Waals surface area contributed by atoms with Gasteiger partial charge in [0.1, 0.15) is 5.82 Å². The first-order chi connectivity index (χ1) is 18.0. The number of anilines is 1. The molecule has 8 heteroatoms. The van der Waals surface area contributed by atoms with Crippen LogP contribution in [-0.2, 0) is 0 Å². The molecule has 3 aromatic heterocycles. The molecular formula is C29H25FN6O. The standard InChI is InChI=1S/C29H25FN6O/c1-16-22-12-25(30)24(14-27(22)37-34-16)28-23(18-4-2-17(15-31)3-5-18)13-26-29(33-8-9-35(26)28)36-20-6-7-21(36)11-19(32)10-20/h2-5,8-9,12-14,19-21H,6-7,10-11,32H2,1H3. The van der Waals surface area contributed by atoms with Gasteiger partial charge in [0, 0.05) is 47.0 Å². The molecule has 2 unspecified atom stereocenters. The lowest BCUT2D eigenvalue weighted by Gasteiger charge is -2.38. The third-order valence-electron chi connectivity index (χ3n) is 8.01. The number of halogens is 1. The minimum Gasteiger partial charge on any atom is -0.356 e. The molecule has 2 bridgehead atoms. The summed E-state index contributed by atoms with van der Waals surface area (Å²) in [6.45, 7) is 1.80. The average Bonchev–Trinajstić information content (AvgIpc) is 3.55. The van der Waals surface area contributed by atoms with Crippen molar-refractivity contribution < 1.29 is 8.91 Å². The van der Waals surface area contributed by atoms with Crippen LogP contribution in [0.3, 0.4) is 0 Å². The van der Waals surface area contributed by atoms with Gasteiger partial charge in [-0.05, 0) is 68.5 Å². The van der Waals surface area contributed by atoms with Crippen LogP contribution in [0.5, 0.6) is 0 Å². The van der Waals surface area contributed by atoms with E-state index in [9.17, 15) is 5.26 Å². The smallest absolute Gasteiger partial charge is 0.168 e. The predicted octanol–water partition coefficient (Wildman–Crippen LogP) is 5.59. The van der Waals surface area contributed by atoms with Crippen LogP contribution in [0.4, 0.5) is 10.2 Å². The van der Waals surface area contributed by atoms with E-state index in [1.807, 2.05) is 22.7 Å². The first-order valence-electron chi connectivity index (χ1n) is 12.6. The number of aromatic nitrogens is 3. The molecule has 2 aliphatic heterocycles. The predicted molar refractivity (Wildman–Crippen MR) is 140 cm³/mol. The number of piperidine rings is 1. The summed E-state index contributed by atoms with van der Waals surface area (Å²) in [5, 5.41) is 14.0. The molecule has 0 spiro atoms. The molecule has 184 valence electrons. The van der Waals surface area contributed by atoms with Crippen LogP contribution in [0.25, 0.3) is 38.9 Å². The highest BCUT2D eigenvalue weighted by Gasteiger charge is 2.41. The molecule has 2 atom stereocenters. The van der Waals surface area contributed by atoms with Gasteiger partial charge in [0.25, 0.3) is 0 Å². The van der Waals surface area contributed by atoms with Crippen LogP contribution in [0.15, 0.2) is 59.4 Å². The number of nitrogens with zero attached hydrogens (tertiary/aromatic N) is 5. The van der Waals surface area contributed by atoms with Crippen molar-refractivity contribution in [1.82, 2.24) is 14.5 Å². The summed E-state index contributed by atoms with van der Waals surface area (Å²) in [4.78, 5) is 7.28. The van der Waals surface area contributed by atoms with E-state index in [1.54, 1.807) is 31.3 Å². The Bertz CT molecular complexity index is 1700. The number of fused-ring (bicyclic) bond motifs is 4. The fourth-order valence-corrected chi connectivity index (χ4v) is 6.33.